The average molecular weight is 167 g/mol. The van der Waals surface area contributed by atoms with E-state index in [9.17, 15) is 0 Å². The molecule has 2 N–H and O–H groups in total. The molecule has 0 atom stereocenters. The molecular weight excluding hydrogens is 162 g/mol. The topological polar surface area (TPSA) is 69.6 Å². The SMILES string of the molecule is Nc1ncn(-c2nccs2)n1. The molecule has 0 aliphatic heterocycles. The molecular formula is C5H5N5S. The molecule has 2 aromatic heterocycles. The minimum atomic E-state index is 0.264. The van der Waals surface area contributed by atoms with Gasteiger partial charge in [0.05, 0.1) is 0 Å². The highest BCUT2D eigenvalue weighted by Gasteiger charge is 1.99. The van der Waals surface area contributed by atoms with Crippen molar-refractivity contribution in [3.05, 3.63) is 17.9 Å². The maximum absolute atomic E-state index is 5.32. The van der Waals surface area contributed by atoms with E-state index in [1.807, 2.05) is 5.38 Å². The zero-order chi connectivity index (χ0) is 7.68. The molecule has 5 nitrogen and oxygen atoms in total. The highest BCUT2D eigenvalue weighted by molar-refractivity contribution is 7.12. The van der Waals surface area contributed by atoms with Gasteiger partial charge in [-0.05, 0) is 0 Å². The highest BCUT2D eigenvalue weighted by atomic mass is 32.1. The Kier molecular flexibility index (Phi) is 1.32. The molecule has 2 heterocycles. The summed E-state index contributed by atoms with van der Waals surface area (Å²) < 4.78 is 1.54. The number of nitrogens with two attached hydrogens (primary N) is 1. The van der Waals surface area contributed by atoms with Gasteiger partial charge in [-0.1, -0.05) is 0 Å². The van der Waals surface area contributed by atoms with Gasteiger partial charge in [-0.25, -0.2) is 9.97 Å². The van der Waals surface area contributed by atoms with E-state index >= 15 is 0 Å². The summed E-state index contributed by atoms with van der Waals surface area (Å²) in [6, 6.07) is 0. The Morgan fingerprint density at radius 3 is 2.91 bits per heavy atom. The summed E-state index contributed by atoms with van der Waals surface area (Å²) in [6.45, 7) is 0. The first-order valence-electron chi connectivity index (χ1n) is 2.93. The quantitative estimate of drug-likeness (QED) is 0.663. The number of rotatable bonds is 1. The third-order valence-electron chi connectivity index (χ3n) is 1.12. The van der Waals surface area contributed by atoms with E-state index in [4.69, 9.17) is 5.73 Å². The third-order valence-corrected chi connectivity index (χ3v) is 1.89. The van der Waals surface area contributed by atoms with Crippen LogP contribution in [0.2, 0.25) is 0 Å². The predicted molar refractivity (Wildman–Crippen MR) is 41.4 cm³/mol. The molecule has 2 aromatic rings. The van der Waals surface area contributed by atoms with E-state index in [0.717, 1.165) is 5.13 Å². The Morgan fingerprint density at radius 1 is 1.45 bits per heavy atom. The number of nitrogen functional groups attached to an aromatic ring is 1. The zero-order valence-corrected chi connectivity index (χ0v) is 6.32. The van der Waals surface area contributed by atoms with Crippen LogP contribution in [-0.2, 0) is 0 Å². The van der Waals surface area contributed by atoms with Crippen LogP contribution in [0.3, 0.4) is 0 Å². The van der Waals surface area contributed by atoms with Gasteiger partial charge in [-0.3, -0.25) is 0 Å². The summed E-state index contributed by atoms with van der Waals surface area (Å²) in [5.41, 5.74) is 5.32. The fourth-order valence-corrected chi connectivity index (χ4v) is 1.26. The minimum absolute atomic E-state index is 0.264. The minimum Gasteiger partial charge on any atom is -0.366 e. The van der Waals surface area contributed by atoms with Crippen LogP contribution < -0.4 is 5.73 Å². The van der Waals surface area contributed by atoms with Gasteiger partial charge in [-0.15, -0.1) is 16.4 Å². The maximum Gasteiger partial charge on any atom is 0.239 e. The molecule has 6 heteroatoms. The molecule has 0 spiro atoms. The molecule has 0 aromatic carbocycles. The van der Waals surface area contributed by atoms with Crippen molar-refractivity contribution >= 4 is 17.3 Å². The van der Waals surface area contributed by atoms with Crippen molar-refractivity contribution in [3.8, 4) is 5.13 Å². The predicted octanol–water partition coefficient (Wildman–Crippen LogP) is 0.306. The number of hydrogen-bond acceptors (Lipinski definition) is 5. The number of thiazole rings is 1. The smallest absolute Gasteiger partial charge is 0.239 e. The number of nitrogens with zero attached hydrogens (tertiary/aromatic N) is 4. The molecule has 0 amide bonds. The number of hydrogen-bond donors (Lipinski definition) is 1. The van der Waals surface area contributed by atoms with Gasteiger partial charge >= 0.3 is 0 Å². The Labute approximate surface area is 66.5 Å². The van der Waals surface area contributed by atoms with E-state index < -0.39 is 0 Å². The second-order valence-electron chi connectivity index (χ2n) is 1.86. The van der Waals surface area contributed by atoms with Crippen LogP contribution in [0.15, 0.2) is 17.9 Å². The number of aromatic nitrogens is 4. The molecule has 0 unspecified atom stereocenters. The fourth-order valence-electron chi connectivity index (χ4n) is 0.697. The van der Waals surface area contributed by atoms with Crippen LogP contribution in [0, 0.1) is 0 Å². The van der Waals surface area contributed by atoms with Gasteiger partial charge < -0.3 is 5.73 Å². The van der Waals surface area contributed by atoms with Gasteiger partial charge in [0.25, 0.3) is 0 Å². The van der Waals surface area contributed by atoms with Gasteiger partial charge in [-0.2, -0.15) is 4.68 Å². The summed E-state index contributed by atoms with van der Waals surface area (Å²) in [4.78, 5) is 7.79. The normalized spacial score (nSPS) is 10.2. The molecule has 0 saturated carbocycles. The monoisotopic (exact) mass is 167 g/mol. The van der Waals surface area contributed by atoms with Crippen molar-refractivity contribution in [2.75, 3.05) is 5.73 Å². The summed E-state index contributed by atoms with van der Waals surface area (Å²) in [5.74, 6) is 0.264. The van der Waals surface area contributed by atoms with Crippen molar-refractivity contribution in [2.45, 2.75) is 0 Å². The Balaban J connectivity index is 2.45. The third kappa shape index (κ3) is 1.07. The molecule has 11 heavy (non-hydrogen) atoms. The molecule has 56 valence electrons. The van der Waals surface area contributed by atoms with Crippen molar-refractivity contribution < 1.29 is 0 Å². The van der Waals surface area contributed by atoms with Crippen molar-refractivity contribution in [1.29, 1.82) is 0 Å². The lowest BCUT2D eigenvalue weighted by molar-refractivity contribution is 0.872. The first-order valence-corrected chi connectivity index (χ1v) is 3.81. The van der Waals surface area contributed by atoms with Crippen LogP contribution in [0.5, 0.6) is 0 Å². The molecule has 0 fully saturated rings. The summed E-state index contributed by atoms with van der Waals surface area (Å²) >= 11 is 1.48. The van der Waals surface area contributed by atoms with Gasteiger partial charge in [0, 0.05) is 11.6 Å². The van der Waals surface area contributed by atoms with Gasteiger partial charge in [0.1, 0.15) is 6.33 Å². The average Bonchev–Trinajstić information content (AvgIpc) is 2.55. The molecule has 2 rings (SSSR count). The largest absolute Gasteiger partial charge is 0.366 e. The maximum atomic E-state index is 5.32. The van der Waals surface area contributed by atoms with Crippen LogP contribution in [0.1, 0.15) is 0 Å². The van der Waals surface area contributed by atoms with Gasteiger partial charge in [0.15, 0.2) is 0 Å². The lowest BCUT2D eigenvalue weighted by Crippen LogP contribution is -1.94. The van der Waals surface area contributed by atoms with Crippen molar-refractivity contribution in [1.82, 2.24) is 19.7 Å². The lowest BCUT2D eigenvalue weighted by Gasteiger charge is -1.88. The van der Waals surface area contributed by atoms with Crippen LogP contribution in [0.4, 0.5) is 5.95 Å². The Hall–Kier alpha value is -1.43. The standard InChI is InChI=1S/C5H5N5S/c6-4-8-3-10(9-4)5-7-1-2-11-5/h1-3H,(H2,6,9). The first kappa shape index (κ1) is 6.29. The molecule has 0 radical (unpaired) electrons. The van der Waals surface area contributed by atoms with E-state index in [2.05, 4.69) is 15.1 Å². The number of anilines is 1. The molecule has 0 aliphatic carbocycles. The fraction of sp³-hybridized carbons (Fsp3) is 0. The summed E-state index contributed by atoms with van der Waals surface area (Å²) in [6.07, 6.45) is 3.24. The Bertz CT molecular complexity index is 337. The Morgan fingerprint density at radius 2 is 2.36 bits per heavy atom. The van der Waals surface area contributed by atoms with Crippen LogP contribution >= 0.6 is 11.3 Å². The van der Waals surface area contributed by atoms with E-state index in [1.165, 1.54) is 17.7 Å². The van der Waals surface area contributed by atoms with Crippen LogP contribution in [-0.4, -0.2) is 19.7 Å². The van der Waals surface area contributed by atoms with Crippen LogP contribution in [0.25, 0.3) is 5.13 Å². The molecule has 0 saturated heterocycles. The highest BCUT2D eigenvalue weighted by Crippen LogP contribution is 2.08. The van der Waals surface area contributed by atoms with Crippen molar-refractivity contribution in [2.24, 2.45) is 0 Å². The second-order valence-corrected chi connectivity index (χ2v) is 2.74. The second kappa shape index (κ2) is 2.31. The lowest BCUT2D eigenvalue weighted by atomic mass is 11.0. The van der Waals surface area contributed by atoms with E-state index in [-0.39, 0.29) is 5.95 Å². The van der Waals surface area contributed by atoms with Crippen molar-refractivity contribution in [3.63, 3.8) is 0 Å². The van der Waals surface area contributed by atoms with Gasteiger partial charge in [0.2, 0.25) is 11.1 Å². The zero-order valence-electron chi connectivity index (χ0n) is 5.51. The molecule has 0 bridgehead atoms. The van der Waals surface area contributed by atoms with E-state index in [0.29, 0.717) is 0 Å². The summed E-state index contributed by atoms with van der Waals surface area (Å²) in [7, 11) is 0. The molecule has 0 aliphatic rings. The first-order chi connectivity index (χ1) is 5.36. The van der Waals surface area contributed by atoms with E-state index in [1.54, 1.807) is 10.9 Å². The summed E-state index contributed by atoms with van der Waals surface area (Å²) in [5, 5.41) is 6.53.